The van der Waals surface area contributed by atoms with Crippen LogP contribution in [0.5, 0.6) is 0 Å². The van der Waals surface area contributed by atoms with Crippen molar-refractivity contribution in [1.82, 2.24) is 10.4 Å². The number of amides is 2. The lowest BCUT2D eigenvalue weighted by atomic mass is 10.3. The molecule has 1 aromatic carbocycles. The average molecular weight is 237 g/mol. The Morgan fingerprint density at radius 2 is 1.82 bits per heavy atom. The van der Waals surface area contributed by atoms with Crippen molar-refractivity contribution in [3.63, 3.8) is 0 Å². The number of hydrogen-bond acceptors (Lipinski definition) is 3. The van der Waals surface area contributed by atoms with Crippen LogP contribution in [0.15, 0.2) is 30.3 Å². The number of carboxylic acids is 1. The molecule has 1 rings (SSSR count). The van der Waals surface area contributed by atoms with Gasteiger partial charge in [-0.05, 0) is 12.1 Å². The first kappa shape index (κ1) is 13.0. The van der Waals surface area contributed by atoms with Crippen LogP contribution in [-0.2, 0) is 4.79 Å². The zero-order chi connectivity index (χ0) is 12.8. The van der Waals surface area contributed by atoms with Gasteiger partial charge in [-0.3, -0.25) is 15.1 Å². The van der Waals surface area contributed by atoms with E-state index < -0.39 is 12.0 Å². The molecule has 6 heteroatoms. The number of carboxylic acid groups (broad SMARTS) is 1. The van der Waals surface area contributed by atoms with Gasteiger partial charge in [0.2, 0.25) is 0 Å². The molecule has 0 atom stereocenters. The Bertz CT molecular complexity index is 392. The number of rotatable bonds is 4. The molecule has 0 heterocycles. The fourth-order valence-corrected chi connectivity index (χ4v) is 1.28. The fraction of sp³-hybridized carbons (Fsp3) is 0.273. The highest BCUT2D eigenvalue weighted by Crippen LogP contribution is 2.12. The minimum absolute atomic E-state index is 0.385. The van der Waals surface area contributed by atoms with Gasteiger partial charge in [-0.15, -0.1) is 0 Å². The Balaban J connectivity index is 2.88. The monoisotopic (exact) mass is 237 g/mol. The predicted molar refractivity (Wildman–Crippen MR) is 63.6 cm³/mol. The summed E-state index contributed by atoms with van der Waals surface area (Å²) >= 11 is 0. The van der Waals surface area contributed by atoms with Gasteiger partial charge >= 0.3 is 12.0 Å². The van der Waals surface area contributed by atoms with E-state index in [9.17, 15) is 9.59 Å². The van der Waals surface area contributed by atoms with Gasteiger partial charge in [0.25, 0.3) is 0 Å². The number of urea groups is 1. The van der Waals surface area contributed by atoms with E-state index in [1.807, 2.05) is 0 Å². The van der Waals surface area contributed by atoms with Gasteiger partial charge in [-0.2, -0.15) is 0 Å². The SMILES string of the molecule is CN(C)NC(=O)N(CC(=O)O)c1ccccc1. The number of para-hydroxylation sites is 1. The molecule has 92 valence electrons. The third-order valence-electron chi connectivity index (χ3n) is 1.93. The Kier molecular flexibility index (Phi) is 4.47. The summed E-state index contributed by atoms with van der Waals surface area (Å²) in [6.45, 7) is -0.385. The smallest absolute Gasteiger partial charge is 0.336 e. The summed E-state index contributed by atoms with van der Waals surface area (Å²) in [7, 11) is 3.31. The number of carbonyl (C=O) groups is 2. The van der Waals surface area contributed by atoms with Crippen LogP contribution in [0.3, 0.4) is 0 Å². The molecule has 2 amide bonds. The first-order valence-electron chi connectivity index (χ1n) is 5.03. The molecule has 0 spiro atoms. The number of hydrogen-bond donors (Lipinski definition) is 2. The van der Waals surface area contributed by atoms with Crippen LogP contribution < -0.4 is 10.3 Å². The molecule has 0 saturated heterocycles. The fourth-order valence-electron chi connectivity index (χ4n) is 1.28. The lowest BCUT2D eigenvalue weighted by molar-refractivity contribution is -0.135. The number of hydrazine groups is 1. The van der Waals surface area contributed by atoms with Crippen LogP contribution in [0.2, 0.25) is 0 Å². The zero-order valence-corrected chi connectivity index (χ0v) is 9.75. The van der Waals surface area contributed by atoms with Crippen LogP contribution in [0.4, 0.5) is 10.5 Å². The quantitative estimate of drug-likeness (QED) is 0.758. The van der Waals surface area contributed by atoms with Gasteiger partial charge in [0.15, 0.2) is 0 Å². The highest BCUT2D eigenvalue weighted by atomic mass is 16.4. The highest BCUT2D eigenvalue weighted by Gasteiger charge is 2.18. The van der Waals surface area contributed by atoms with E-state index >= 15 is 0 Å². The number of benzene rings is 1. The Hall–Kier alpha value is -2.08. The predicted octanol–water partition coefficient (Wildman–Crippen LogP) is 0.764. The van der Waals surface area contributed by atoms with Crippen molar-refractivity contribution in [2.24, 2.45) is 0 Å². The van der Waals surface area contributed by atoms with Crippen LogP contribution in [-0.4, -0.2) is 42.8 Å². The van der Waals surface area contributed by atoms with Crippen molar-refractivity contribution in [3.05, 3.63) is 30.3 Å². The number of anilines is 1. The molecule has 0 aliphatic rings. The van der Waals surface area contributed by atoms with Crippen molar-refractivity contribution in [2.75, 3.05) is 25.5 Å². The van der Waals surface area contributed by atoms with Gasteiger partial charge in [0, 0.05) is 19.8 Å². The van der Waals surface area contributed by atoms with Gasteiger partial charge < -0.3 is 5.11 Å². The third kappa shape index (κ3) is 4.12. The molecule has 0 bridgehead atoms. The van der Waals surface area contributed by atoms with Gasteiger partial charge in [0.1, 0.15) is 6.54 Å². The van der Waals surface area contributed by atoms with E-state index in [1.165, 1.54) is 5.01 Å². The summed E-state index contributed by atoms with van der Waals surface area (Å²) in [4.78, 5) is 23.7. The van der Waals surface area contributed by atoms with Crippen LogP contribution in [0, 0.1) is 0 Å². The first-order valence-corrected chi connectivity index (χ1v) is 5.03. The van der Waals surface area contributed by atoms with E-state index in [2.05, 4.69) is 5.43 Å². The maximum Gasteiger partial charge on any atom is 0.336 e. The molecule has 0 fully saturated rings. The Morgan fingerprint density at radius 1 is 1.24 bits per heavy atom. The van der Waals surface area contributed by atoms with E-state index in [0.717, 1.165) is 4.90 Å². The van der Waals surface area contributed by atoms with Crippen molar-refractivity contribution >= 4 is 17.7 Å². The average Bonchev–Trinajstić information content (AvgIpc) is 2.25. The molecule has 0 aliphatic heterocycles. The maximum atomic E-state index is 11.8. The minimum atomic E-state index is -1.07. The second-order valence-electron chi connectivity index (χ2n) is 3.63. The molecule has 0 aromatic heterocycles. The highest BCUT2D eigenvalue weighted by molar-refractivity contribution is 5.95. The lowest BCUT2D eigenvalue weighted by Gasteiger charge is -2.23. The molecule has 2 N–H and O–H groups in total. The zero-order valence-electron chi connectivity index (χ0n) is 9.75. The molecular weight excluding hydrogens is 222 g/mol. The second-order valence-corrected chi connectivity index (χ2v) is 3.63. The van der Waals surface area contributed by atoms with Crippen molar-refractivity contribution < 1.29 is 14.7 Å². The van der Waals surface area contributed by atoms with E-state index in [0.29, 0.717) is 5.69 Å². The largest absolute Gasteiger partial charge is 0.480 e. The standard InChI is InChI=1S/C11H15N3O3/c1-13(2)12-11(17)14(8-10(15)16)9-6-4-3-5-7-9/h3-7H,8H2,1-2H3,(H,12,17)(H,15,16). The van der Waals surface area contributed by atoms with E-state index in [4.69, 9.17) is 5.11 Å². The van der Waals surface area contributed by atoms with Crippen LogP contribution >= 0.6 is 0 Å². The lowest BCUT2D eigenvalue weighted by Crippen LogP contribution is -2.47. The van der Waals surface area contributed by atoms with Crippen molar-refractivity contribution in [3.8, 4) is 0 Å². The summed E-state index contributed by atoms with van der Waals surface area (Å²) in [5, 5.41) is 10.3. The Morgan fingerprint density at radius 3 is 2.29 bits per heavy atom. The third-order valence-corrected chi connectivity index (χ3v) is 1.93. The molecular formula is C11H15N3O3. The number of nitrogens with one attached hydrogen (secondary N) is 1. The first-order chi connectivity index (χ1) is 8.00. The number of aliphatic carboxylic acids is 1. The van der Waals surface area contributed by atoms with Crippen molar-refractivity contribution in [2.45, 2.75) is 0 Å². The summed E-state index contributed by atoms with van der Waals surface area (Å²) < 4.78 is 0. The van der Waals surface area contributed by atoms with Crippen LogP contribution in [0.25, 0.3) is 0 Å². The van der Waals surface area contributed by atoms with Gasteiger partial charge in [-0.1, -0.05) is 18.2 Å². The molecule has 0 unspecified atom stereocenters. The van der Waals surface area contributed by atoms with E-state index in [-0.39, 0.29) is 6.54 Å². The molecule has 17 heavy (non-hydrogen) atoms. The summed E-state index contributed by atoms with van der Waals surface area (Å²) in [5.74, 6) is -1.07. The summed E-state index contributed by atoms with van der Waals surface area (Å²) in [6.07, 6.45) is 0. The number of carbonyl (C=O) groups excluding carboxylic acids is 1. The van der Waals surface area contributed by atoms with Crippen molar-refractivity contribution in [1.29, 1.82) is 0 Å². The molecule has 1 aromatic rings. The number of nitrogens with zero attached hydrogens (tertiary/aromatic N) is 2. The maximum absolute atomic E-state index is 11.8. The molecule has 0 aliphatic carbocycles. The molecule has 0 saturated carbocycles. The van der Waals surface area contributed by atoms with E-state index in [1.54, 1.807) is 44.4 Å². The normalized spacial score (nSPS) is 10.1. The van der Waals surface area contributed by atoms with Gasteiger partial charge in [-0.25, -0.2) is 9.80 Å². The topological polar surface area (TPSA) is 72.9 Å². The van der Waals surface area contributed by atoms with Gasteiger partial charge in [0.05, 0.1) is 0 Å². The molecule has 6 nitrogen and oxygen atoms in total. The summed E-state index contributed by atoms with van der Waals surface area (Å²) in [6, 6.07) is 8.16. The minimum Gasteiger partial charge on any atom is -0.480 e. The second kappa shape index (κ2) is 5.86. The summed E-state index contributed by atoms with van der Waals surface area (Å²) in [5.41, 5.74) is 3.04. The van der Waals surface area contributed by atoms with Crippen LogP contribution in [0.1, 0.15) is 0 Å². The molecule has 0 radical (unpaired) electrons. The Labute approximate surface area is 99.4 Å².